The molecule has 0 saturated carbocycles. The average Bonchev–Trinajstić information content (AvgIpc) is 2.26. The molecule has 1 aromatic heterocycles. The monoisotopic (exact) mass is 221 g/mol. The number of hydrogen-bond donors (Lipinski definition) is 2. The van der Waals surface area contributed by atoms with Gasteiger partial charge in [-0.1, -0.05) is 13.8 Å². The van der Waals surface area contributed by atoms with Crippen LogP contribution in [0.15, 0.2) is 12.4 Å². The molecular formula is C11H19N5. The summed E-state index contributed by atoms with van der Waals surface area (Å²) in [7, 11) is 1.99. The molecule has 0 aliphatic carbocycles. The lowest BCUT2D eigenvalue weighted by molar-refractivity contribution is 0.583. The standard InChI is InChI=1S/C11H19N5/c1-8(2)4-5-16(3)10-7-14-9(6-15-10)11(12)13/h6-8H,4-5H2,1-3H3,(H3,12,13). The van der Waals surface area contributed by atoms with Crippen molar-refractivity contribution in [1.82, 2.24) is 9.97 Å². The third-order valence-electron chi connectivity index (χ3n) is 2.35. The van der Waals surface area contributed by atoms with Crippen LogP contribution in [0.3, 0.4) is 0 Å². The first-order valence-electron chi connectivity index (χ1n) is 5.38. The Balaban J connectivity index is 2.63. The fraction of sp³-hybridized carbons (Fsp3) is 0.545. The minimum atomic E-state index is -0.0520. The summed E-state index contributed by atoms with van der Waals surface area (Å²) in [6, 6.07) is 0. The molecular weight excluding hydrogens is 202 g/mol. The molecule has 0 aromatic carbocycles. The van der Waals surface area contributed by atoms with Gasteiger partial charge in [0.1, 0.15) is 17.3 Å². The second-order valence-electron chi connectivity index (χ2n) is 4.28. The second kappa shape index (κ2) is 5.44. The summed E-state index contributed by atoms with van der Waals surface area (Å²) in [6.07, 6.45) is 4.30. The van der Waals surface area contributed by atoms with Crippen molar-refractivity contribution in [2.75, 3.05) is 18.5 Å². The number of aromatic nitrogens is 2. The van der Waals surface area contributed by atoms with E-state index in [4.69, 9.17) is 11.1 Å². The van der Waals surface area contributed by atoms with Crippen LogP contribution in [0.4, 0.5) is 5.82 Å². The number of nitrogens with one attached hydrogen (secondary N) is 1. The van der Waals surface area contributed by atoms with E-state index in [-0.39, 0.29) is 5.84 Å². The zero-order chi connectivity index (χ0) is 12.1. The Morgan fingerprint density at radius 1 is 1.44 bits per heavy atom. The van der Waals surface area contributed by atoms with Crippen molar-refractivity contribution in [2.45, 2.75) is 20.3 Å². The summed E-state index contributed by atoms with van der Waals surface area (Å²) in [5.74, 6) is 1.43. The normalized spacial score (nSPS) is 10.5. The molecule has 0 amide bonds. The van der Waals surface area contributed by atoms with Gasteiger partial charge in [-0.2, -0.15) is 0 Å². The van der Waals surface area contributed by atoms with Gasteiger partial charge in [0.25, 0.3) is 0 Å². The molecule has 3 N–H and O–H groups in total. The van der Waals surface area contributed by atoms with Crippen molar-refractivity contribution in [3.05, 3.63) is 18.1 Å². The molecule has 0 atom stereocenters. The first-order valence-corrected chi connectivity index (χ1v) is 5.38. The Hall–Kier alpha value is -1.65. The molecule has 1 heterocycles. The van der Waals surface area contributed by atoms with Gasteiger partial charge in [-0.3, -0.25) is 5.41 Å². The molecule has 0 radical (unpaired) electrons. The van der Waals surface area contributed by atoms with Gasteiger partial charge in [-0.05, 0) is 12.3 Å². The lowest BCUT2D eigenvalue weighted by atomic mass is 10.1. The van der Waals surface area contributed by atoms with Crippen molar-refractivity contribution in [2.24, 2.45) is 11.7 Å². The summed E-state index contributed by atoms with van der Waals surface area (Å²) in [4.78, 5) is 10.3. The maximum atomic E-state index is 7.21. The topological polar surface area (TPSA) is 78.9 Å². The van der Waals surface area contributed by atoms with Gasteiger partial charge < -0.3 is 10.6 Å². The summed E-state index contributed by atoms with van der Waals surface area (Å²) < 4.78 is 0. The molecule has 5 heteroatoms. The van der Waals surface area contributed by atoms with E-state index in [9.17, 15) is 0 Å². The van der Waals surface area contributed by atoms with Crippen molar-refractivity contribution in [3.8, 4) is 0 Å². The summed E-state index contributed by atoms with van der Waals surface area (Å²) in [6.45, 7) is 5.34. The van der Waals surface area contributed by atoms with E-state index >= 15 is 0 Å². The van der Waals surface area contributed by atoms with Crippen LogP contribution in [-0.2, 0) is 0 Å². The van der Waals surface area contributed by atoms with Gasteiger partial charge in [0.15, 0.2) is 0 Å². The highest BCUT2D eigenvalue weighted by Gasteiger charge is 2.05. The first kappa shape index (κ1) is 12.4. The lowest BCUT2D eigenvalue weighted by Crippen LogP contribution is -2.22. The van der Waals surface area contributed by atoms with Crippen LogP contribution >= 0.6 is 0 Å². The van der Waals surface area contributed by atoms with Crippen molar-refractivity contribution < 1.29 is 0 Å². The Bertz CT molecular complexity index is 344. The fourth-order valence-corrected chi connectivity index (χ4v) is 1.22. The van der Waals surface area contributed by atoms with E-state index in [1.807, 2.05) is 7.05 Å². The summed E-state index contributed by atoms with van der Waals surface area (Å²) >= 11 is 0. The number of rotatable bonds is 5. The Kier molecular flexibility index (Phi) is 4.22. The second-order valence-corrected chi connectivity index (χ2v) is 4.28. The highest BCUT2D eigenvalue weighted by Crippen LogP contribution is 2.09. The van der Waals surface area contributed by atoms with Gasteiger partial charge in [0.05, 0.1) is 12.4 Å². The van der Waals surface area contributed by atoms with Gasteiger partial charge in [0.2, 0.25) is 0 Å². The van der Waals surface area contributed by atoms with Gasteiger partial charge in [-0.15, -0.1) is 0 Å². The van der Waals surface area contributed by atoms with Crippen LogP contribution < -0.4 is 10.6 Å². The molecule has 5 nitrogen and oxygen atoms in total. The SMILES string of the molecule is CC(C)CCN(C)c1cnc(C(=N)N)cn1. The molecule has 0 aliphatic heterocycles. The lowest BCUT2D eigenvalue weighted by Gasteiger charge is -2.18. The van der Waals surface area contributed by atoms with Gasteiger partial charge in [-0.25, -0.2) is 9.97 Å². The van der Waals surface area contributed by atoms with E-state index in [2.05, 4.69) is 28.7 Å². The van der Waals surface area contributed by atoms with E-state index in [1.54, 1.807) is 6.20 Å². The van der Waals surface area contributed by atoms with Crippen LogP contribution in [0.25, 0.3) is 0 Å². The number of nitrogens with zero attached hydrogens (tertiary/aromatic N) is 3. The van der Waals surface area contributed by atoms with Gasteiger partial charge >= 0.3 is 0 Å². The maximum absolute atomic E-state index is 7.21. The van der Waals surface area contributed by atoms with Gasteiger partial charge in [0, 0.05) is 13.6 Å². The Morgan fingerprint density at radius 3 is 2.56 bits per heavy atom. The molecule has 1 rings (SSSR count). The number of hydrogen-bond acceptors (Lipinski definition) is 4. The molecule has 0 aliphatic rings. The zero-order valence-corrected chi connectivity index (χ0v) is 10.1. The van der Waals surface area contributed by atoms with Crippen molar-refractivity contribution in [3.63, 3.8) is 0 Å². The highest BCUT2D eigenvalue weighted by molar-refractivity contribution is 5.92. The van der Waals surface area contributed by atoms with Crippen LogP contribution in [0.5, 0.6) is 0 Å². The first-order chi connectivity index (χ1) is 7.50. The summed E-state index contributed by atoms with van der Waals surface area (Å²) in [5, 5.41) is 7.21. The predicted octanol–water partition coefficient (Wildman–Crippen LogP) is 1.24. The molecule has 0 saturated heterocycles. The largest absolute Gasteiger partial charge is 0.382 e. The zero-order valence-electron chi connectivity index (χ0n) is 10.1. The average molecular weight is 221 g/mol. The molecule has 16 heavy (non-hydrogen) atoms. The molecule has 0 fully saturated rings. The Morgan fingerprint density at radius 2 is 2.12 bits per heavy atom. The molecule has 0 spiro atoms. The van der Waals surface area contributed by atoms with Crippen LogP contribution in [0, 0.1) is 11.3 Å². The highest BCUT2D eigenvalue weighted by atomic mass is 15.2. The van der Waals surface area contributed by atoms with Crippen LogP contribution in [-0.4, -0.2) is 29.4 Å². The number of amidine groups is 1. The van der Waals surface area contributed by atoms with E-state index in [0.717, 1.165) is 18.8 Å². The molecule has 0 bridgehead atoms. The van der Waals surface area contributed by atoms with Crippen molar-refractivity contribution in [1.29, 1.82) is 5.41 Å². The van der Waals surface area contributed by atoms with E-state index in [1.165, 1.54) is 6.20 Å². The third kappa shape index (κ3) is 3.49. The minimum absolute atomic E-state index is 0.0520. The number of anilines is 1. The van der Waals surface area contributed by atoms with Crippen molar-refractivity contribution >= 4 is 11.7 Å². The molecule has 1 aromatic rings. The van der Waals surface area contributed by atoms with Crippen LogP contribution in [0.1, 0.15) is 26.0 Å². The summed E-state index contributed by atoms with van der Waals surface area (Å²) in [5.41, 5.74) is 5.72. The third-order valence-corrected chi connectivity index (χ3v) is 2.35. The van der Waals surface area contributed by atoms with E-state index < -0.39 is 0 Å². The number of nitrogens with two attached hydrogens (primary N) is 1. The smallest absolute Gasteiger partial charge is 0.146 e. The Labute approximate surface area is 96.2 Å². The maximum Gasteiger partial charge on any atom is 0.146 e. The number of nitrogen functional groups attached to an aromatic ring is 1. The van der Waals surface area contributed by atoms with E-state index in [0.29, 0.717) is 11.6 Å². The fourth-order valence-electron chi connectivity index (χ4n) is 1.22. The quantitative estimate of drug-likeness (QED) is 0.579. The molecule has 88 valence electrons. The van der Waals surface area contributed by atoms with Crippen LogP contribution in [0.2, 0.25) is 0 Å². The predicted molar refractivity (Wildman–Crippen MR) is 65.8 cm³/mol. The molecule has 0 unspecified atom stereocenters. The minimum Gasteiger partial charge on any atom is -0.382 e.